The van der Waals surface area contributed by atoms with E-state index in [-0.39, 0.29) is 11.9 Å². The van der Waals surface area contributed by atoms with Crippen LogP contribution in [0.3, 0.4) is 0 Å². The summed E-state index contributed by atoms with van der Waals surface area (Å²) in [5.74, 6) is 2.03. The summed E-state index contributed by atoms with van der Waals surface area (Å²) in [7, 11) is 3.14. The Hall–Kier alpha value is -4.40. The number of pyridine rings is 1. The predicted octanol–water partition coefficient (Wildman–Crippen LogP) is 3.72. The molecule has 9 nitrogen and oxygen atoms in total. The van der Waals surface area contributed by atoms with Gasteiger partial charge in [0, 0.05) is 29.6 Å². The number of aromatic nitrogens is 4. The van der Waals surface area contributed by atoms with Crippen LogP contribution < -0.4 is 19.5 Å². The maximum atomic E-state index is 12.7. The smallest absolute Gasteiger partial charge is 0.258 e. The molecule has 2 N–H and O–H groups in total. The van der Waals surface area contributed by atoms with E-state index in [9.17, 15) is 4.79 Å². The van der Waals surface area contributed by atoms with Crippen LogP contribution in [0.25, 0.3) is 11.4 Å². The molecule has 9 heteroatoms. The monoisotopic (exact) mass is 431 g/mol. The number of carbonyl (C=O) groups is 1. The standard InChI is InChI=1S/C23H21N5O4/c1-30-17-8-9-19(20(12-17)31-2)21-25-23(28-27-21)26-22(29)16-6-3-7-18(11-16)32-14-15-5-4-10-24-13-15/h3-13H,14H2,1-2H3,(H2,25,26,27,28,29). The molecule has 4 rings (SSSR count). The molecule has 0 aliphatic rings. The Labute approximate surface area is 184 Å². The summed E-state index contributed by atoms with van der Waals surface area (Å²) in [4.78, 5) is 21.1. The van der Waals surface area contributed by atoms with Gasteiger partial charge in [0.05, 0.1) is 19.8 Å². The van der Waals surface area contributed by atoms with Gasteiger partial charge >= 0.3 is 0 Å². The molecule has 4 aromatic rings. The van der Waals surface area contributed by atoms with E-state index < -0.39 is 0 Å². The number of methoxy groups -OCH3 is 2. The fraction of sp³-hybridized carbons (Fsp3) is 0.130. The van der Waals surface area contributed by atoms with Crippen molar-refractivity contribution >= 4 is 11.9 Å². The second kappa shape index (κ2) is 9.61. The highest BCUT2D eigenvalue weighted by molar-refractivity contribution is 6.03. The third-order valence-corrected chi connectivity index (χ3v) is 4.60. The number of aromatic amines is 1. The van der Waals surface area contributed by atoms with Crippen LogP contribution in [0.2, 0.25) is 0 Å². The van der Waals surface area contributed by atoms with Gasteiger partial charge in [-0.3, -0.25) is 20.2 Å². The lowest BCUT2D eigenvalue weighted by atomic mass is 10.2. The molecule has 0 bridgehead atoms. The molecule has 32 heavy (non-hydrogen) atoms. The molecule has 2 heterocycles. The van der Waals surface area contributed by atoms with Gasteiger partial charge < -0.3 is 14.2 Å². The van der Waals surface area contributed by atoms with Gasteiger partial charge in [-0.05, 0) is 36.4 Å². The Bertz CT molecular complexity index is 1210. The van der Waals surface area contributed by atoms with E-state index in [2.05, 4.69) is 25.5 Å². The third-order valence-electron chi connectivity index (χ3n) is 4.60. The fourth-order valence-electron chi connectivity index (χ4n) is 2.98. The van der Waals surface area contributed by atoms with E-state index >= 15 is 0 Å². The highest BCUT2D eigenvalue weighted by Gasteiger charge is 2.15. The van der Waals surface area contributed by atoms with Crippen LogP contribution in [-0.2, 0) is 6.61 Å². The second-order valence-electron chi connectivity index (χ2n) is 6.71. The van der Waals surface area contributed by atoms with Crippen LogP contribution in [-0.4, -0.2) is 40.3 Å². The predicted molar refractivity (Wildman–Crippen MR) is 118 cm³/mol. The van der Waals surface area contributed by atoms with Gasteiger partial charge in [-0.15, -0.1) is 5.10 Å². The number of benzene rings is 2. The first kappa shape index (κ1) is 20.9. The summed E-state index contributed by atoms with van der Waals surface area (Å²) in [6.45, 7) is 0.354. The minimum absolute atomic E-state index is 0.143. The molecule has 0 saturated heterocycles. The number of H-pyrrole nitrogens is 1. The number of amides is 1. The number of anilines is 1. The highest BCUT2D eigenvalue weighted by atomic mass is 16.5. The molecule has 0 atom stereocenters. The lowest BCUT2D eigenvalue weighted by Gasteiger charge is -2.08. The second-order valence-corrected chi connectivity index (χ2v) is 6.71. The van der Waals surface area contributed by atoms with Gasteiger partial charge in [-0.25, -0.2) is 0 Å². The van der Waals surface area contributed by atoms with Gasteiger partial charge in [0.25, 0.3) is 5.91 Å². The van der Waals surface area contributed by atoms with Crippen LogP contribution in [0.15, 0.2) is 67.0 Å². The van der Waals surface area contributed by atoms with E-state index in [1.54, 1.807) is 69.1 Å². The van der Waals surface area contributed by atoms with Crippen LogP contribution in [0.1, 0.15) is 15.9 Å². The molecule has 0 radical (unpaired) electrons. The first-order valence-corrected chi connectivity index (χ1v) is 9.74. The van der Waals surface area contributed by atoms with Crippen molar-refractivity contribution < 1.29 is 19.0 Å². The van der Waals surface area contributed by atoms with E-state index in [0.29, 0.717) is 40.8 Å². The number of carbonyl (C=O) groups excluding carboxylic acids is 1. The Kier molecular flexibility index (Phi) is 6.26. The van der Waals surface area contributed by atoms with Crippen LogP contribution in [0, 0.1) is 0 Å². The molecule has 162 valence electrons. The van der Waals surface area contributed by atoms with Crippen LogP contribution >= 0.6 is 0 Å². The normalized spacial score (nSPS) is 10.4. The summed E-state index contributed by atoms with van der Waals surface area (Å²) in [6, 6.07) is 16.0. The Morgan fingerprint density at radius 3 is 2.72 bits per heavy atom. The lowest BCUT2D eigenvalue weighted by molar-refractivity contribution is 0.102. The summed E-state index contributed by atoms with van der Waals surface area (Å²) < 4.78 is 16.4. The molecule has 0 aliphatic carbocycles. The first-order chi connectivity index (χ1) is 15.7. The van der Waals surface area contributed by atoms with E-state index in [4.69, 9.17) is 14.2 Å². The topological polar surface area (TPSA) is 111 Å². The van der Waals surface area contributed by atoms with E-state index in [0.717, 1.165) is 5.56 Å². The molecule has 1 amide bonds. The highest BCUT2D eigenvalue weighted by Crippen LogP contribution is 2.31. The molecular formula is C23H21N5O4. The summed E-state index contributed by atoms with van der Waals surface area (Å²) in [5, 5.41) is 9.58. The molecule has 0 aliphatic heterocycles. The van der Waals surface area contributed by atoms with Crippen molar-refractivity contribution in [1.29, 1.82) is 0 Å². The Morgan fingerprint density at radius 2 is 1.94 bits per heavy atom. The van der Waals surface area contributed by atoms with Crippen molar-refractivity contribution in [2.24, 2.45) is 0 Å². The van der Waals surface area contributed by atoms with Crippen molar-refractivity contribution in [3.05, 3.63) is 78.1 Å². The van der Waals surface area contributed by atoms with Crippen molar-refractivity contribution in [2.45, 2.75) is 6.61 Å². The van der Waals surface area contributed by atoms with Gasteiger partial charge in [0.15, 0.2) is 5.82 Å². The fourth-order valence-corrected chi connectivity index (χ4v) is 2.98. The third kappa shape index (κ3) is 4.84. The zero-order chi connectivity index (χ0) is 22.3. The lowest BCUT2D eigenvalue weighted by Crippen LogP contribution is -2.13. The Morgan fingerprint density at radius 1 is 1.03 bits per heavy atom. The molecule has 0 unspecified atom stereocenters. The van der Waals surface area contributed by atoms with E-state index in [1.165, 1.54) is 0 Å². The minimum atomic E-state index is -0.357. The summed E-state index contributed by atoms with van der Waals surface area (Å²) in [6.07, 6.45) is 3.43. The number of hydrogen-bond donors (Lipinski definition) is 2. The van der Waals surface area contributed by atoms with E-state index in [1.807, 2.05) is 12.1 Å². The van der Waals surface area contributed by atoms with Gasteiger partial charge in [0.2, 0.25) is 5.95 Å². The molecule has 0 spiro atoms. The van der Waals surface area contributed by atoms with Gasteiger partial charge in [-0.2, -0.15) is 4.98 Å². The van der Waals surface area contributed by atoms with Crippen molar-refractivity contribution in [1.82, 2.24) is 20.2 Å². The first-order valence-electron chi connectivity index (χ1n) is 9.74. The largest absolute Gasteiger partial charge is 0.497 e. The molecule has 0 saturated carbocycles. The Balaban J connectivity index is 1.44. The van der Waals surface area contributed by atoms with Crippen molar-refractivity contribution in [3.8, 4) is 28.6 Å². The molecule has 0 fully saturated rings. The molecule has 2 aromatic carbocycles. The van der Waals surface area contributed by atoms with Crippen LogP contribution in [0.4, 0.5) is 5.95 Å². The van der Waals surface area contributed by atoms with Gasteiger partial charge in [0.1, 0.15) is 23.9 Å². The molecular weight excluding hydrogens is 410 g/mol. The maximum absolute atomic E-state index is 12.7. The zero-order valence-electron chi connectivity index (χ0n) is 17.5. The van der Waals surface area contributed by atoms with Crippen LogP contribution in [0.5, 0.6) is 17.2 Å². The number of hydrogen-bond acceptors (Lipinski definition) is 7. The number of ether oxygens (including phenoxy) is 3. The van der Waals surface area contributed by atoms with Gasteiger partial charge in [-0.1, -0.05) is 12.1 Å². The quantitative estimate of drug-likeness (QED) is 0.437. The molecule has 2 aromatic heterocycles. The SMILES string of the molecule is COc1ccc(-c2nc(NC(=O)c3cccc(OCc4cccnc4)c3)n[nH]2)c(OC)c1. The average molecular weight is 431 g/mol. The minimum Gasteiger partial charge on any atom is -0.497 e. The van der Waals surface area contributed by atoms with Crippen molar-refractivity contribution in [3.63, 3.8) is 0 Å². The average Bonchev–Trinajstić information content (AvgIpc) is 3.31. The van der Waals surface area contributed by atoms with Crippen molar-refractivity contribution in [2.75, 3.05) is 19.5 Å². The summed E-state index contributed by atoms with van der Waals surface area (Å²) in [5.41, 5.74) is 2.04. The number of nitrogens with one attached hydrogen (secondary N) is 2. The summed E-state index contributed by atoms with van der Waals surface area (Å²) >= 11 is 0. The zero-order valence-corrected chi connectivity index (χ0v) is 17.5. The number of nitrogens with zero attached hydrogens (tertiary/aromatic N) is 3. The maximum Gasteiger partial charge on any atom is 0.258 e. The number of rotatable bonds is 8.